The van der Waals surface area contributed by atoms with Crippen molar-refractivity contribution in [1.82, 2.24) is 14.3 Å². The molecular weight excluding hydrogens is 264 g/mol. The zero-order chi connectivity index (χ0) is 12.8. The molecule has 0 aliphatic carbocycles. The fraction of sp³-hybridized carbons (Fsp3) is 0.417. The molecule has 0 saturated carbocycles. The predicted octanol–water partition coefficient (Wildman–Crippen LogP) is 3.47. The van der Waals surface area contributed by atoms with E-state index in [1.165, 1.54) is 11.5 Å². The highest BCUT2D eigenvalue weighted by atomic mass is 32.2. The highest BCUT2D eigenvalue weighted by Gasteiger charge is 2.06. The van der Waals surface area contributed by atoms with Gasteiger partial charge in [-0.1, -0.05) is 19.9 Å². The molecule has 18 heavy (non-hydrogen) atoms. The molecule has 0 unspecified atom stereocenters. The Morgan fingerprint density at radius 3 is 2.89 bits per heavy atom. The Morgan fingerprint density at radius 1 is 1.28 bits per heavy atom. The molecule has 0 aliphatic rings. The van der Waals surface area contributed by atoms with E-state index in [4.69, 9.17) is 0 Å². The number of anilines is 1. The van der Waals surface area contributed by atoms with Crippen LogP contribution in [0.5, 0.6) is 0 Å². The maximum atomic E-state index is 4.53. The average molecular weight is 280 g/mol. The van der Waals surface area contributed by atoms with Crippen LogP contribution in [0.4, 0.5) is 5.82 Å². The van der Waals surface area contributed by atoms with Gasteiger partial charge < -0.3 is 5.32 Å². The third-order valence-electron chi connectivity index (χ3n) is 2.24. The molecule has 6 heteroatoms. The Morgan fingerprint density at radius 2 is 2.17 bits per heavy atom. The molecule has 96 valence electrons. The van der Waals surface area contributed by atoms with Gasteiger partial charge in [-0.3, -0.25) is 0 Å². The van der Waals surface area contributed by atoms with Crippen molar-refractivity contribution in [1.29, 1.82) is 0 Å². The van der Waals surface area contributed by atoms with Crippen LogP contribution in [-0.2, 0) is 6.42 Å². The Bertz CT molecular complexity index is 498. The second-order valence-corrected chi connectivity index (χ2v) is 5.74. The summed E-state index contributed by atoms with van der Waals surface area (Å²) in [5.74, 6) is 1.82. The third kappa shape index (κ3) is 3.68. The summed E-state index contributed by atoms with van der Waals surface area (Å²) in [4.78, 5) is 8.96. The van der Waals surface area contributed by atoms with E-state index in [1.54, 1.807) is 11.8 Å². The van der Waals surface area contributed by atoms with Gasteiger partial charge in [-0.05, 0) is 41.8 Å². The molecule has 2 aromatic rings. The van der Waals surface area contributed by atoms with Crippen LogP contribution in [0.1, 0.15) is 26.1 Å². The maximum absolute atomic E-state index is 4.53. The number of nitrogens with zero attached hydrogens (tertiary/aromatic N) is 3. The van der Waals surface area contributed by atoms with Crippen LogP contribution in [0.15, 0.2) is 27.6 Å². The molecule has 0 bridgehead atoms. The van der Waals surface area contributed by atoms with E-state index in [1.807, 2.05) is 18.2 Å². The van der Waals surface area contributed by atoms with E-state index in [0.717, 1.165) is 40.4 Å². The van der Waals surface area contributed by atoms with Gasteiger partial charge in [-0.15, -0.1) is 0 Å². The van der Waals surface area contributed by atoms with Crippen molar-refractivity contribution in [2.45, 2.75) is 36.1 Å². The van der Waals surface area contributed by atoms with Crippen LogP contribution in [-0.4, -0.2) is 20.9 Å². The van der Waals surface area contributed by atoms with Crippen molar-refractivity contribution in [3.63, 3.8) is 0 Å². The summed E-state index contributed by atoms with van der Waals surface area (Å²) < 4.78 is 5.22. The summed E-state index contributed by atoms with van der Waals surface area (Å²) in [5.41, 5.74) is 0. The predicted molar refractivity (Wildman–Crippen MR) is 76.4 cm³/mol. The lowest BCUT2D eigenvalue weighted by atomic mass is 10.4. The van der Waals surface area contributed by atoms with Crippen LogP contribution in [0.3, 0.4) is 0 Å². The molecule has 0 saturated heterocycles. The van der Waals surface area contributed by atoms with Crippen molar-refractivity contribution in [3.05, 3.63) is 24.0 Å². The Hall–Kier alpha value is -1.14. The standard InChI is InChI=1S/C12H16N4S2/c1-3-8-13-10-6-5-7-11(14-10)17-12-15-9(4-2)16-18-12/h5-7H,3-4,8H2,1-2H3,(H,13,14). The van der Waals surface area contributed by atoms with Crippen LogP contribution >= 0.6 is 23.3 Å². The first kappa shape index (κ1) is 13.3. The summed E-state index contributed by atoms with van der Waals surface area (Å²) in [5, 5.41) is 4.23. The number of hydrogen-bond donors (Lipinski definition) is 1. The van der Waals surface area contributed by atoms with Gasteiger partial charge in [-0.25, -0.2) is 9.97 Å². The van der Waals surface area contributed by atoms with Crippen LogP contribution < -0.4 is 5.32 Å². The van der Waals surface area contributed by atoms with Crippen LogP contribution in [0, 0.1) is 0 Å². The van der Waals surface area contributed by atoms with E-state index < -0.39 is 0 Å². The second kappa shape index (κ2) is 6.70. The topological polar surface area (TPSA) is 50.7 Å². The summed E-state index contributed by atoms with van der Waals surface area (Å²) in [6.45, 7) is 5.14. The van der Waals surface area contributed by atoms with Gasteiger partial charge >= 0.3 is 0 Å². The maximum Gasteiger partial charge on any atom is 0.176 e. The number of aromatic nitrogens is 3. The molecule has 0 aliphatic heterocycles. The van der Waals surface area contributed by atoms with E-state index in [0.29, 0.717) is 0 Å². The Labute approximate surface area is 115 Å². The molecule has 0 aromatic carbocycles. The zero-order valence-corrected chi connectivity index (χ0v) is 12.1. The molecule has 2 heterocycles. The van der Waals surface area contributed by atoms with Gasteiger partial charge in [0.1, 0.15) is 16.7 Å². The molecule has 0 atom stereocenters. The third-order valence-corrected chi connectivity index (χ3v) is 3.96. The minimum Gasteiger partial charge on any atom is -0.370 e. The summed E-state index contributed by atoms with van der Waals surface area (Å²) >= 11 is 3.00. The molecule has 0 fully saturated rings. The van der Waals surface area contributed by atoms with E-state index in [2.05, 4.69) is 33.5 Å². The number of rotatable bonds is 6. The fourth-order valence-electron chi connectivity index (χ4n) is 1.34. The van der Waals surface area contributed by atoms with Gasteiger partial charge in [0, 0.05) is 13.0 Å². The van der Waals surface area contributed by atoms with Crippen molar-refractivity contribution in [2.75, 3.05) is 11.9 Å². The van der Waals surface area contributed by atoms with Crippen molar-refractivity contribution < 1.29 is 0 Å². The number of pyridine rings is 1. The highest BCUT2D eigenvalue weighted by Crippen LogP contribution is 2.28. The van der Waals surface area contributed by atoms with E-state index in [9.17, 15) is 0 Å². The normalized spacial score (nSPS) is 10.6. The highest BCUT2D eigenvalue weighted by molar-refractivity contribution is 8.00. The van der Waals surface area contributed by atoms with Crippen molar-refractivity contribution in [3.8, 4) is 0 Å². The Balaban J connectivity index is 2.04. The van der Waals surface area contributed by atoms with E-state index in [-0.39, 0.29) is 0 Å². The largest absolute Gasteiger partial charge is 0.370 e. The smallest absolute Gasteiger partial charge is 0.176 e. The minimum absolute atomic E-state index is 0.878. The molecule has 2 aromatic heterocycles. The van der Waals surface area contributed by atoms with Crippen molar-refractivity contribution >= 4 is 29.1 Å². The second-order valence-electron chi connectivity index (χ2n) is 3.72. The minimum atomic E-state index is 0.878. The molecule has 1 N–H and O–H groups in total. The fourth-order valence-corrected chi connectivity index (χ4v) is 2.97. The summed E-state index contributed by atoms with van der Waals surface area (Å²) in [6, 6.07) is 5.99. The monoisotopic (exact) mass is 280 g/mol. The lowest BCUT2D eigenvalue weighted by Crippen LogP contribution is -2.01. The number of nitrogens with one attached hydrogen (secondary N) is 1. The molecule has 2 rings (SSSR count). The Kier molecular flexibility index (Phi) is 4.95. The van der Waals surface area contributed by atoms with Crippen LogP contribution in [0.25, 0.3) is 0 Å². The van der Waals surface area contributed by atoms with E-state index >= 15 is 0 Å². The SMILES string of the molecule is CCCNc1cccc(Sc2nc(CC)ns2)n1. The quantitative estimate of drug-likeness (QED) is 0.878. The first-order valence-corrected chi connectivity index (χ1v) is 7.62. The zero-order valence-electron chi connectivity index (χ0n) is 10.5. The van der Waals surface area contributed by atoms with Gasteiger partial charge in [0.15, 0.2) is 4.34 Å². The first-order chi connectivity index (χ1) is 8.81. The average Bonchev–Trinajstić information content (AvgIpc) is 2.84. The van der Waals surface area contributed by atoms with Gasteiger partial charge in [0.2, 0.25) is 0 Å². The molecule has 0 amide bonds. The van der Waals surface area contributed by atoms with Crippen LogP contribution in [0.2, 0.25) is 0 Å². The lowest BCUT2D eigenvalue weighted by molar-refractivity contribution is 0.957. The lowest BCUT2D eigenvalue weighted by Gasteiger charge is -2.04. The molecule has 4 nitrogen and oxygen atoms in total. The number of hydrogen-bond acceptors (Lipinski definition) is 6. The van der Waals surface area contributed by atoms with Crippen molar-refractivity contribution in [2.24, 2.45) is 0 Å². The summed E-state index contributed by atoms with van der Waals surface area (Å²) in [6.07, 6.45) is 1.97. The van der Waals surface area contributed by atoms with Gasteiger partial charge in [0.25, 0.3) is 0 Å². The summed E-state index contributed by atoms with van der Waals surface area (Å²) in [7, 11) is 0. The first-order valence-electron chi connectivity index (χ1n) is 6.03. The molecular formula is C12H16N4S2. The number of aryl methyl sites for hydroxylation is 1. The van der Waals surface area contributed by atoms with Gasteiger partial charge in [-0.2, -0.15) is 4.37 Å². The molecule has 0 radical (unpaired) electrons. The molecule has 0 spiro atoms. The van der Waals surface area contributed by atoms with Gasteiger partial charge in [0.05, 0.1) is 0 Å².